The fourth-order valence-corrected chi connectivity index (χ4v) is 12.4. The lowest BCUT2D eigenvalue weighted by molar-refractivity contribution is 0.346. The first-order valence-corrected chi connectivity index (χ1v) is 31.6. The molecular formula is C66H111O3P. The number of rotatable bonds is 45. The van der Waals surface area contributed by atoms with Crippen molar-refractivity contribution in [2.45, 2.75) is 292 Å². The number of hydrogen-bond donors (Lipinski definition) is 0. The minimum atomic E-state index is -1.88. The van der Waals surface area contributed by atoms with Gasteiger partial charge in [0.15, 0.2) is 0 Å². The molecule has 0 aliphatic carbocycles. The van der Waals surface area contributed by atoms with Gasteiger partial charge in [-0.1, -0.05) is 290 Å². The van der Waals surface area contributed by atoms with Crippen LogP contribution in [0.2, 0.25) is 0 Å². The predicted molar refractivity (Wildman–Crippen MR) is 310 cm³/mol. The quantitative estimate of drug-likeness (QED) is 0.0417. The van der Waals surface area contributed by atoms with Crippen LogP contribution in [-0.4, -0.2) is 0 Å². The number of hydrogen-bond acceptors (Lipinski definition) is 3. The second-order valence-corrected chi connectivity index (χ2v) is 22.8. The summed E-state index contributed by atoms with van der Waals surface area (Å²) < 4.78 is 22.3. The summed E-state index contributed by atoms with van der Waals surface area (Å²) >= 11 is 0. The van der Waals surface area contributed by atoms with Crippen LogP contribution in [0.3, 0.4) is 0 Å². The Balaban J connectivity index is 2.19. The summed E-state index contributed by atoms with van der Waals surface area (Å²) in [7, 11) is -1.88. The van der Waals surface area contributed by atoms with Crippen molar-refractivity contribution >= 4 is 8.60 Å². The smallest absolute Gasteiger partial charge is 0.408 e. The van der Waals surface area contributed by atoms with Crippen LogP contribution >= 0.6 is 8.60 Å². The highest BCUT2D eigenvalue weighted by Gasteiger charge is 2.30. The summed E-state index contributed by atoms with van der Waals surface area (Å²) in [4.78, 5) is 0. The third kappa shape index (κ3) is 24.5. The first-order valence-electron chi connectivity index (χ1n) is 30.5. The summed E-state index contributed by atoms with van der Waals surface area (Å²) in [6.07, 6.45) is 42.1. The van der Waals surface area contributed by atoms with Crippen LogP contribution in [0.4, 0.5) is 0 Å². The molecule has 3 rings (SSSR count). The molecule has 0 radical (unpaired) electrons. The van der Waals surface area contributed by atoms with E-state index in [1.165, 1.54) is 229 Å². The lowest BCUT2D eigenvalue weighted by Gasteiger charge is -2.29. The number of benzene rings is 3. The zero-order valence-electron chi connectivity index (χ0n) is 47.4. The summed E-state index contributed by atoms with van der Waals surface area (Å²) in [6, 6.07) is 27.1. The van der Waals surface area contributed by atoms with Crippen molar-refractivity contribution in [3.05, 3.63) is 89.5 Å². The van der Waals surface area contributed by atoms with E-state index in [2.05, 4.69) is 135 Å². The van der Waals surface area contributed by atoms with Crippen LogP contribution in [0, 0.1) is 17.8 Å². The largest absolute Gasteiger partial charge is 0.530 e. The maximum absolute atomic E-state index is 7.43. The van der Waals surface area contributed by atoms with E-state index < -0.39 is 8.60 Å². The summed E-state index contributed by atoms with van der Waals surface area (Å²) in [5, 5.41) is 0. The molecule has 6 atom stereocenters. The van der Waals surface area contributed by atoms with Crippen LogP contribution < -0.4 is 13.6 Å². The van der Waals surface area contributed by atoms with E-state index >= 15 is 0 Å². The Morgan fingerprint density at radius 3 is 0.814 bits per heavy atom. The SMILES string of the molecule is CCCCCCCC(CC(CC)CCCC)c1ccccc1OP(Oc1ccccc1C(CCCCCCC)CC(CC)CCCC)Oc1ccccc1C(CCCCCCC)CC(CC)CCCC. The molecule has 398 valence electrons. The molecule has 0 bridgehead atoms. The van der Waals surface area contributed by atoms with Crippen LogP contribution in [0.25, 0.3) is 0 Å². The highest BCUT2D eigenvalue weighted by molar-refractivity contribution is 7.43. The first kappa shape index (κ1) is 61.8. The van der Waals surface area contributed by atoms with Gasteiger partial charge in [0.25, 0.3) is 0 Å². The topological polar surface area (TPSA) is 27.7 Å². The molecular weight excluding hydrogens is 872 g/mol. The van der Waals surface area contributed by atoms with Crippen molar-refractivity contribution in [2.75, 3.05) is 0 Å². The second kappa shape index (κ2) is 39.9. The molecule has 0 N–H and O–H groups in total. The molecule has 0 spiro atoms. The van der Waals surface area contributed by atoms with Gasteiger partial charge in [0.05, 0.1) is 0 Å². The number of unbranched alkanes of at least 4 members (excludes halogenated alkanes) is 15. The fraction of sp³-hybridized carbons (Fsp3) is 0.727. The molecule has 4 heteroatoms. The second-order valence-electron chi connectivity index (χ2n) is 21.8. The zero-order chi connectivity index (χ0) is 50.4. The average molecular weight is 984 g/mol. The van der Waals surface area contributed by atoms with E-state index in [0.717, 1.165) is 17.2 Å². The first-order chi connectivity index (χ1) is 34.4. The molecule has 6 unspecified atom stereocenters. The van der Waals surface area contributed by atoms with Gasteiger partial charge in [-0.25, -0.2) is 0 Å². The van der Waals surface area contributed by atoms with Gasteiger partial charge in [-0.15, -0.1) is 0 Å². The molecule has 0 aliphatic rings. The highest BCUT2D eigenvalue weighted by atomic mass is 31.2. The van der Waals surface area contributed by atoms with Crippen molar-refractivity contribution in [3.8, 4) is 17.2 Å². The minimum absolute atomic E-state index is 0.438. The Bertz CT molecular complexity index is 1480. The fourth-order valence-electron chi connectivity index (χ4n) is 11.3. The molecule has 0 saturated heterocycles. The van der Waals surface area contributed by atoms with Crippen LogP contribution in [0.5, 0.6) is 17.2 Å². The Kier molecular flexibility index (Phi) is 35.3. The zero-order valence-corrected chi connectivity index (χ0v) is 48.3. The third-order valence-corrected chi connectivity index (χ3v) is 17.1. The van der Waals surface area contributed by atoms with Gasteiger partial charge in [0, 0.05) is 0 Å². The van der Waals surface area contributed by atoms with E-state index in [4.69, 9.17) is 13.6 Å². The normalized spacial score (nSPS) is 14.7. The predicted octanol–water partition coefficient (Wildman–Crippen LogP) is 23.6. The van der Waals surface area contributed by atoms with Crippen LogP contribution in [0.1, 0.15) is 309 Å². The minimum Gasteiger partial charge on any atom is -0.408 e. The van der Waals surface area contributed by atoms with Crippen LogP contribution in [-0.2, 0) is 0 Å². The van der Waals surface area contributed by atoms with Crippen LogP contribution in [0.15, 0.2) is 72.8 Å². The molecule has 3 aromatic carbocycles. The number of para-hydroxylation sites is 3. The molecule has 0 fully saturated rings. The van der Waals surface area contributed by atoms with E-state index in [1.807, 2.05) is 0 Å². The van der Waals surface area contributed by atoms with E-state index in [9.17, 15) is 0 Å². The van der Waals surface area contributed by atoms with Gasteiger partial charge < -0.3 is 13.6 Å². The maximum Gasteiger partial charge on any atom is 0.530 e. The third-order valence-electron chi connectivity index (χ3n) is 16.0. The van der Waals surface area contributed by atoms with Crippen molar-refractivity contribution < 1.29 is 13.6 Å². The van der Waals surface area contributed by atoms with E-state index in [-0.39, 0.29) is 0 Å². The Morgan fingerprint density at radius 1 is 0.300 bits per heavy atom. The van der Waals surface area contributed by atoms with Gasteiger partial charge in [-0.2, -0.15) is 0 Å². The van der Waals surface area contributed by atoms with Crippen molar-refractivity contribution in [2.24, 2.45) is 17.8 Å². The molecule has 0 aliphatic heterocycles. The van der Waals surface area contributed by atoms with Crippen molar-refractivity contribution in [3.63, 3.8) is 0 Å². The highest BCUT2D eigenvalue weighted by Crippen LogP contribution is 2.50. The van der Waals surface area contributed by atoms with Gasteiger partial charge >= 0.3 is 8.60 Å². The standard InChI is InChI=1S/C66H111O3P/c1-10-19-25-28-31-43-58(52-55(16-7)40-22-13-4)61-46-34-37-49-64(61)67-70(68-65-50-38-35-47-62(65)59(44-32-29-26-20-11-2)53-56(17-8)41-23-14-5)69-66-51-39-36-48-63(66)60(45-33-30-27-21-12-3)54-57(18-9)42-24-15-6/h34-39,46-51,55-60H,10-33,40-45,52-54H2,1-9H3. The molecule has 0 saturated carbocycles. The molecule has 0 heterocycles. The van der Waals surface area contributed by atoms with Crippen molar-refractivity contribution in [1.29, 1.82) is 0 Å². The molecule has 70 heavy (non-hydrogen) atoms. The van der Waals surface area contributed by atoms with E-state index in [0.29, 0.717) is 35.5 Å². The Morgan fingerprint density at radius 2 is 0.557 bits per heavy atom. The van der Waals surface area contributed by atoms with E-state index in [1.54, 1.807) is 0 Å². The van der Waals surface area contributed by atoms with Crippen molar-refractivity contribution in [1.82, 2.24) is 0 Å². The molecule has 0 aromatic heterocycles. The average Bonchev–Trinajstić information content (AvgIpc) is 3.38. The maximum atomic E-state index is 7.43. The Hall–Kier alpha value is -2.51. The van der Waals surface area contributed by atoms with Gasteiger partial charge in [0.1, 0.15) is 17.2 Å². The lowest BCUT2D eigenvalue weighted by atomic mass is 9.82. The summed E-state index contributed by atoms with van der Waals surface area (Å²) in [6.45, 7) is 21.2. The summed E-state index contributed by atoms with van der Waals surface area (Å²) in [5.74, 6) is 6.31. The molecule has 0 amide bonds. The monoisotopic (exact) mass is 983 g/mol. The van der Waals surface area contributed by atoms with Gasteiger partial charge in [-0.05, 0) is 109 Å². The van der Waals surface area contributed by atoms with Gasteiger partial charge in [0.2, 0.25) is 0 Å². The summed E-state index contributed by atoms with van der Waals surface area (Å²) in [5.41, 5.74) is 4.02. The molecule has 3 nitrogen and oxygen atoms in total. The molecule has 3 aromatic rings. The lowest BCUT2D eigenvalue weighted by Crippen LogP contribution is -2.13. The Labute approximate surface area is 436 Å². The van der Waals surface area contributed by atoms with Gasteiger partial charge in [-0.3, -0.25) is 0 Å².